The summed E-state index contributed by atoms with van der Waals surface area (Å²) in [6, 6.07) is 7.34. The molecule has 0 bridgehead atoms. The SMILES string of the molecule is COc1cccc(Cl)c1CNc1cc(C)nc(Cl)n1. The van der Waals surface area contributed by atoms with Gasteiger partial charge in [-0.1, -0.05) is 17.7 Å². The number of ether oxygens (including phenoxy) is 1. The molecule has 6 heteroatoms. The van der Waals surface area contributed by atoms with E-state index in [1.54, 1.807) is 7.11 Å². The lowest BCUT2D eigenvalue weighted by Crippen LogP contribution is -2.05. The van der Waals surface area contributed by atoms with E-state index in [0.717, 1.165) is 17.0 Å². The summed E-state index contributed by atoms with van der Waals surface area (Å²) >= 11 is 12.0. The van der Waals surface area contributed by atoms with Crippen LogP contribution in [-0.4, -0.2) is 17.1 Å². The molecule has 2 rings (SSSR count). The molecule has 1 aromatic heterocycles. The number of halogens is 2. The number of benzene rings is 1. The zero-order valence-electron chi connectivity index (χ0n) is 10.6. The Kier molecular flexibility index (Phi) is 4.45. The maximum absolute atomic E-state index is 6.16. The van der Waals surface area contributed by atoms with E-state index >= 15 is 0 Å². The van der Waals surface area contributed by atoms with Crippen LogP contribution in [0.3, 0.4) is 0 Å². The monoisotopic (exact) mass is 297 g/mol. The molecule has 0 saturated heterocycles. The van der Waals surface area contributed by atoms with Gasteiger partial charge in [-0.05, 0) is 30.7 Å². The van der Waals surface area contributed by atoms with E-state index in [-0.39, 0.29) is 5.28 Å². The number of nitrogens with zero attached hydrogens (tertiary/aromatic N) is 2. The Bertz CT molecular complexity index is 570. The number of aryl methyl sites for hydroxylation is 1. The second kappa shape index (κ2) is 6.08. The molecule has 0 atom stereocenters. The van der Waals surface area contributed by atoms with Gasteiger partial charge >= 0.3 is 0 Å². The Balaban J connectivity index is 2.18. The van der Waals surface area contributed by atoms with Crippen LogP contribution in [0.25, 0.3) is 0 Å². The third-order valence-corrected chi connectivity index (χ3v) is 3.09. The van der Waals surface area contributed by atoms with Crippen LogP contribution in [0.2, 0.25) is 10.3 Å². The summed E-state index contributed by atoms with van der Waals surface area (Å²) in [4.78, 5) is 8.10. The first-order chi connectivity index (χ1) is 9.10. The van der Waals surface area contributed by atoms with E-state index in [9.17, 15) is 0 Å². The van der Waals surface area contributed by atoms with Gasteiger partial charge in [0.05, 0.1) is 7.11 Å². The molecule has 0 radical (unpaired) electrons. The summed E-state index contributed by atoms with van der Waals surface area (Å²) in [7, 11) is 1.61. The zero-order chi connectivity index (χ0) is 13.8. The highest BCUT2D eigenvalue weighted by atomic mass is 35.5. The van der Waals surface area contributed by atoms with Gasteiger partial charge in [0.1, 0.15) is 11.6 Å². The Morgan fingerprint density at radius 3 is 2.74 bits per heavy atom. The second-order valence-electron chi connectivity index (χ2n) is 3.94. The summed E-state index contributed by atoms with van der Waals surface area (Å²) in [6.07, 6.45) is 0. The van der Waals surface area contributed by atoms with Gasteiger partial charge in [-0.2, -0.15) is 0 Å². The minimum Gasteiger partial charge on any atom is -0.496 e. The van der Waals surface area contributed by atoms with Crippen LogP contribution < -0.4 is 10.1 Å². The third kappa shape index (κ3) is 3.49. The first kappa shape index (κ1) is 13.9. The summed E-state index contributed by atoms with van der Waals surface area (Å²) < 4.78 is 5.28. The molecule has 4 nitrogen and oxygen atoms in total. The largest absolute Gasteiger partial charge is 0.496 e. The Morgan fingerprint density at radius 2 is 2.05 bits per heavy atom. The fraction of sp³-hybridized carbons (Fsp3) is 0.231. The lowest BCUT2D eigenvalue weighted by Gasteiger charge is -2.12. The van der Waals surface area contributed by atoms with Gasteiger partial charge in [-0.15, -0.1) is 0 Å². The first-order valence-corrected chi connectivity index (χ1v) is 6.42. The molecule has 100 valence electrons. The maximum Gasteiger partial charge on any atom is 0.224 e. The normalized spacial score (nSPS) is 10.3. The van der Waals surface area contributed by atoms with E-state index in [1.807, 2.05) is 31.2 Å². The van der Waals surface area contributed by atoms with E-state index in [1.165, 1.54) is 0 Å². The van der Waals surface area contributed by atoms with Crippen LogP contribution in [0.4, 0.5) is 5.82 Å². The summed E-state index contributed by atoms with van der Waals surface area (Å²) in [6.45, 7) is 2.35. The van der Waals surface area contributed by atoms with Crippen molar-refractivity contribution in [2.75, 3.05) is 12.4 Å². The number of methoxy groups -OCH3 is 1. The summed E-state index contributed by atoms with van der Waals surface area (Å²) in [5.41, 5.74) is 1.67. The molecule has 1 aromatic carbocycles. The molecular weight excluding hydrogens is 285 g/mol. The highest BCUT2D eigenvalue weighted by Crippen LogP contribution is 2.27. The van der Waals surface area contributed by atoms with Gasteiger partial charge < -0.3 is 10.1 Å². The van der Waals surface area contributed by atoms with Gasteiger partial charge in [0.2, 0.25) is 5.28 Å². The Morgan fingerprint density at radius 1 is 1.26 bits per heavy atom. The summed E-state index contributed by atoms with van der Waals surface area (Å²) in [5.74, 6) is 1.39. The van der Waals surface area contributed by atoms with Crippen molar-refractivity contribution in [1.29, 1.82) is 0 Å². The predicted molar refractivity (Wildman–Crippen MR) is 77.1 cm³/mol. The van der Waals surface area contributed by atoms with Crippen LogP contribution in [0.5, 0.6) is 5.75 Å². The molecule has 0 aliphatic heterocycles. The number of aromatic nitrogens is 2. The number of nitrogens with one attached hydrogen (secondary N) is 1. The molecule has 0 unspecified atom stereocenters. The first-order valence-electron chi connectivity index (χ1n) is 5.66. The zero-order valence-corrected chi connectivity index (χ0v) is 12.1. The molecule has 2 aromatic rings. The highest BCUT2D eigenvalue weighted by Gasteiger charge is 2.08. The van der Waals surface area contributed by atoms with E-state index in [0.29, 0.717) is 17.4 Å². The number of anilines is 1. The van der Waals surface area contributed by atoms with Crippen LogP contribution in [0.15, 0.2) is 24.3 Å². The molecule has 0 saturated carbocycles. The lowest BCUT2D eigenvalue weighted by molar-refractivity contribution is 0.410. The van der Waals surface area contributed by atoms with Crippen LogP contribution >= 0.6 is 23.2 Å². The van der Waals surface area contributed by atoms with Gasteiger partial charge in [-0.3, -0.25) is 0 Å². The lowest BCUT2D eigenvalue weighted by atomic mass is 10.2. The molecule has 0 amide bonds. The average Bonchev–Trinajstić information content (AvgIpc) is 2.36. The smallest absolute Gasteiger partial charge is 0.224 e. The molecule has 1 heterocycles. The highest BCUT2D eigenvalue weighted by molar-refractivity contribution is 6.31. The third-order valence-electron chi connectivity index (χ3n) is 2.57. The number of hydrogen-bond acceptors (Lipinski definition) is 4. The molecule has 1 N–H and O–H groups in total. The van der Waals surface area contributed by atoms with Crippen molar-refractivity contribution in [2.45, 2.75) is 13.5 Å². The standard InChI is InChI=1S/C13H13Cl2N3O/c1-8-6-12(18-13(15)17-8)16-7-9-10(14)4-3-5-11(9)19-2/h3-6H,7H2,1-2H3,(H,16,17,18). The fourth-order valence-corrected chi connectivity index (χ4v) is 2.16. The van der Waals surface area contributed by atoms with Crippen LogP contribution in [0.1, 0.15) is 11.3 Å². The van der Waals surface area contributed by atoms with Crippen LogP contribution in [0, 0.1) is 6.92 Å². The van der Waals surface area contributed by atoms with Gasteiger partial charge in [0, 0.05) is 28.9 Å². The molecule has 19 heavy (non-hydrogen) atoms. The Hall–Kier alpha value is -1.52. The van der Waals surface area contributed by atoms with E-state index < -0.39 is 0 Å². The van der Waals surface area contributed by atoms with Crippen molar-refractivity contribution in [3.05, 3.63) is 45.8 Å². The average molecular weight is 298 g/mol. The van der Waals surface area contributed by atoms with Crippen molar-refractivity contribution >= 4 is 29.0 Å². The topological polar surface area (TPSA) is 47.0 Å². The molecule has 0 aliphatic carbocycles. The number of rotatable bonds is 4. The van der Waals surface area contributed by atoms with Crippen molar-refractivity contribution in [2.24, 2.45) is 0 Å². The van der Waals surface area contributed by atoms with Gasteiger partial charge in [-0.25, -0.2) is 9.97 Å². The number of hydrogen-bond donors (Lipinski definition) is 1. The fourth-order valence-electron chi connectivity index (χ4n) is 1.70. The maximum atomic E-state index is 6.16. The summed E-state index contributed by atoms with van der Waals surface area (Å²) in [5, 5.41) is 4.02. The predicted octanol–water partition coefficient (Wildman–Crippen LogP) is 3.71. The van der Waals surface area contributed by atoms with Crippen molar-refractivity contribution < 1.29 is 4.74 Å². The van der Waals surface area contributed by atoms with Gasteiger partial charge in [0.25, 0.3) is 0 Å². The van der Waals surface area contributed by atoms with E-state index in [4.69, 9.17) is 27.9 Å². The minimum absolute atomic E-state index is 0.216. The molecule has 0 fully saturated rings. The van der Waals surface area contributed by atoms with Gasteiger partial charge in [0.15, 0.2) is 0 Å². The van der Waals surface area contributed by atoms with Crippen molar-refractivity contribution in [3.63, 3.8) is 0 Å². The van der Waals surface area contributed by atoms with Crippen molar-refractivity contribution in [3.8, 4) is 5.75 Å². The molecular formula is C13H13Cl2N3O. The second-order valence-corrected chi connectivity index (χ2v) is 4.68. The Labute approximate surface area is 121 Å². The minimum atomic E-state index is 0.216. The van der Waals surface area contributed by atoms with Crippen LogP contribution in [-0.2, 0) is 6.54 Å². The van der Waals surface area contributed by atoms with Crippen molar-refractivity contribution in [1.82, 2.24) is 9.97 Å². The van der Waals surface area contributed by atoms with E-state index in [2.05, 4.69) is 15.3 Å². The molecule has 0 spiro atoms. The molecule has 0 aliphatic rings. The quantitative estimate of drug-likeness (QED) is 0.874.